The van der Waals surface area contributed by atoms with Crippen molar-refractivity contribution in [3.63, 3.8) is 0 Å². The van der Waals surface area contributed by atoms with Crippen molar-refractivity contribution >= 4 is 12.1 Å². The van der Waals surface area contributed by atoms with Crippen LogP contribution in [0.3, 0.4) is 0 Å². The van der Waals surface area contributed by atoms with Crippen LogP contribution < -0.4 is 5.32 Å². The first-order valence-corrected chi connectivity index (χ1v) is 6.93. The molecule has 0 aliphatic rings. The number of carbonyl (C=O) groups excluding carboxylic acids is 1. The molecule has 130 valence electrons. The second kappa shape index (κ2) is 6.41. The third-order valence-corrected chi connectivity index (χ3v) is 3.66. The molecule has 1 rings (SSSR count). The van der Waals surface area contributed by atoms with Gasteiger partial charge in [0.2, 0.25) is 6.41 Å². The average Bonchev–Trinajstić information content (AvgIpc) is 2.44. The Labute approximate surface area is 129 Å². The summed E-state index contributed by atoms with van der Waals surface area (Å²) in [6.07, 6.45) is -5.18. The summed E-state index contributed by atoms with van der Waals surface area (Å²) in [5.41, 5.74) is -5.45. The van der Waals surface area contributed by atoms with Crippen LogP contribution in [0, 0.1) is 0 Å². The molecule has 1 aromatic carbocycles. The summed E-state index contributed by atoms with van der Waals surface area (Å²) in [6, 6.07) is 1.46. The number of halogens is 6. The molecule has 0 heterocycles. The molecule has 0 bridgehead atoms. The smallest absolute Gasteiger partial charge is 0.328 e. The monoisotopic (exact) mass is 341 g/mol. The van der Waals surface area contributed by atoms with Crippen LogP contribution in [0.4, 0.5) is 32.0 Å². The molecule has 0 fully saturated rings. The lowest BCUT2D eigenvalue weighted by molar-refractivity contribution is -0.304. The fraction of sp³-hybridized carbons (Fsp3) is 0.533. The Morgan fingerprint density at radius 2 is 1.43 bits per heavy atom. The highest BCUT2D eigenvalue weighted by Gasteiger charge is 2.70. The highest BCUT2D eigenvalue weighted by Crippen LogP contribution is 2.53. The largest absolute Gasteiger partial charge is 0.432 e. The van der Waals surface area contributed by atoms with E-state index < -0.39 is 23.3 Å². The van der Waals surface area contributed by atoms with E-state index in [4.69, 9.17) is 0 Å². The maximum absolute atomic E-state index is 14.5. The number of hydrogen-bond acceptors (Lipinski definition) is 1. The molecule has 0 spiro atoms. The maximum Gasteiger partial charge on any atom is 0.432 e. The van der Waals surface area contributed by atoms with Crippen molar-refractivity contribution in [1.29, 1.82) is 0 Å². The van der Waals surface area contributed by atoms with E-state index in [-0.39, 0.29) is 36.6 Å². The Balaban J connectivity index is 3.73. The van der Waals surface area contributed by atoms with E-state index in [0.29, 0.717) is 6.41 Å². The van der Waals surface area contributed by atoms with Gasteiger partial charge in [-0.2, -0.15) is 13.2 Å². The van der Waals surface area contributed by atoms with Gasteiger partial charge in [-0.25, -0.2) is 13.2 Å². The van der Waals surface area contributed by atoms with Crippen molar-refractivity contribution in [2.24, 2.45) is 0 Å². The summed E-state index contributed by atoms with van der Waals surface area (Å²) in [7, 11) is 0. The SMILES string of the molecule is CCc1cc(C(F)(C(C)(F)F)C(F)(F)F)cc(CC)c1NC=O. The molecule has 0 saturated heterocycles. The first-order valence-electron chi connectivity index (χ1n) is 6.93. The van der Waals surface area contributed by atoms with Gasteiger partial charge >= 0.3 is 6.18 Å². The Bertz CT molecular complexity index is 537. The number of hydrogen-bond donors (Lipinski definition) is 1. The van der Waals surface area contributed by atoms with E-state index in [2.05, 4.69) is 5.32 Å². The van der Waals surface area contributed by atoms with Gasteiger partial charge in [-0.1, -0.05) is 13.8 Å². The molecule has 1 unspecified atom stereocenters. The molecule has 0 aliphatic carbocycles. The van der Waals surface area contributed by atoms with Gasteiger partial charge in [-0.3, -0.25) is 4.79 Å². The lowest BCUT2D eigenvalue weighted by atomic mass is 9.85. The van der Waals surface area contributed by atoms with Crippen molar-refractivity contribution in [2.75, 3.05) is 5.32 Å². The number of amides is 1. The lowest BCUT2D eigenvalue weighted by Gasteiger charge is -2.34. The van der Waals surface area contributed by atoms with Crippen molar-refractivity contribution in [2.45, 2.75) is 51.4 Å². The van der Waals surface area contributed by atoms with Gasteiger partial charge in [-0.05, 0) is 36.1 Å². The molecule has 1 N–H and O–H groups in total. The van der Waals surface area contributed by atoms with Crippen LogP contribution in [0.25, 0.3) is 0 Å². The zero-order valence-corrected chi connectivity index (χ0v) is 12.8. The van der Waals surface area contributed by atoms with Crippen LogP contribution in [0.15, 0.2) is 12.1 Å². The molecule has 1 amide bonds. The van der Waals surface area contributed by atoms with Gasteiger partial charge in [0.05, 0.1) is 0 Å². The second-order valence-corrected chi connectivity index (χ2v) is 5.18. The maximum atomic E-state index is 14.5. The standard InChI is InChI=1S/C15H17F6NO/c1-4-9-6-11(7-10(5-2)12(9)22-8-23)14(18,13(3,16)17)15(19,20)21/h6-8H,4-5H2,1-3H3,(H,22,23). The van der Waals surface area contributed by atoms with E-state index in [1.165, 1.54) is 0 Å². The molecule has 0 radical (unpaired) electrons. The predicted octanol–water partition coefficient (Wildman–Crippen LogP) is 4.76. The van der Waals surface area contributed by atoms with Crippen LogP contribution in [0.1, 0.15) is 37.5 Å². The van der Waals surface area contributed by atoms with Gasteiger partial charge in [0.15, 0.2) is 0 Å². The van der Waals surface area contributed by atoms with E-state index >= 15 is 0 Å². The minimum absolute atomic E-state index is 0.102. The number of anilines is 1. The normalized spacial score (nSPS) is 15.2. The lowest BCUT2D eigenvalue weighted by Crippen LogP contribution is -2.51. The van der Waals surface area contributed by atoms with Crippen LogP contribution in [-0.4, -0.2) is 18.5 Å². The molecule has 0 aliphatic heterocycles. The Morgan fingerprint density at radius 1 is 1.00 bits per heavy atom. The van der Waals surface area contributed by atoms with E-state index in [1.807, 2.05) is 0 Å². The third-order valence-electron chi connectivity index (χ3n) is 3.66. The number of nitrogens with one attached hydrogen (secondary N) is 1. The first-order chi connectivity index (χ1) is 10.4. The van der Waals surface area contributed by atoms with Gasteiger partial charge < -0.3 is 5.32 Å². The summed E-state index contributed by atoms with van der Waals surface area (Å²) in [5.74, 6) is -4.67. The average molecular weight is 341 g/mol. The van der Waals surface area contributed by atoms with Gasteiger partial charge in [-0.15, -0.1) is 0 Å². The third kappa shape index (κ3) is 3.30. The Hall–Kier alpha value is -1.73. The molecular weight excluding hydrogens is 324 g/mol. The number of benzene rings is 1. The Morgan fingerprint density at radius 3 is 1.70 bits per heavy atom. The minimum Gasteiger partial charge on any atom is -0.328 e. The number of rotatable bonds is 6. The fourth-order valence-electron chi connectivity index (χ4n) is 2.43. The molecule has 0 saturated carbocycles. The van der Waals surface area contributed by atoms with Crippen LogP contribution in [0.2, 0.25) is 0 Å². The van der Waals surface area contributed by atoms with E-state index in [9.17, 15) is 31.1 Å². The molecular formula is C15H17F6NO. The van der Waals surface area contributed by atoms with Gasteiger partial charge in [0, 0.05) is 18.2 Å². The molecule has 1 aromatic rings. The summed E-state index contributed by atoms with van der Waals surface area (Å²) in [5, 5.41) is 2.33. The molecule has 23 heavy (non-hydrogen) atoms. The number of alkyl halides is 6. The highest BCUT2D eigenvalue weighted by molar-refractivity contribution is 5.76. The molecule has 0 aromatic heterocycles. The van der Waals surface area contributed by atoms with Crippen molar-refractivity contribution in [1.82, 2.24) is 0 Å². The van der Waals surface area contributed by atoms with Gasteiger partial charge in [0.1, 0.15) is 0 Å². The van der Waals surface area contributed by atoms with Crippen LogP contribution in [0.5, 0.6) is 0 Å². The Kier molecular flexibility index (Phi) is 5.38. The van der Waals surface area contributed by atoms with Crippen molar-refractivity contribution < 1.29 is 31.1 Å². The zero-order valence-electron chi connectivity index (χ0n) is 12.8. The fourth-order valence-corrected chi connectivity index (χ4v) is 2.43. The summed E-state index contributed by atoms with van der Waals surface area (Å²) >= 11 is 0. The quantitative estimate of drug-likeness (QED) is 0.586. The minimum atomic E-state index is -5.79. The van der Waals surface area contributed by atoms with E-state index in [0.717, 1.165) is 12.1 Å². The molecule has 2 nitrogen and oxygen atoms in total. The predicted molar refractivity (Wildman–Crippen MR) is 74.3 cm³/mol. The van der Waals surface area contributed by atoms with Gasteiger partial charge in [0.25, 0.3) is 11.6 Å². The topological polar surface area (TPSA) is 29.1 Å². The van der Waals surface area contributed by atoms with Crippen LogP contribution in [-0.2, 0) is 23.3 Å². The highest BCUT2D eigenvalue weighted by atomic mass is 19.4. The summed E-state index contributed by atoms with van der Waals surface area (Å²) in [4.78, 5) is 10.6. The summed E-state index contributed by atoms with van der Waals surface area (Å²) < 4.78 is 80.8. The molecule has 8 heteroatoms. The van der Waals surface area contributed by atoms with Crippen molar-refractivity contribution in [3.05, 3.63) is 28.8 Å². The van der Waals surface area contributed by atoms with E-state index in [1.54, 1.807) is 13.8 Å². The second-order valence-electron chi connectivity index (χ2n) is 5.18. The summed E-state index contributed by atoms with van der Waals surface area (Å²) in [6.45, 7) is 3.02. The van der Waals surface area contributed by atoms with Crippen molar-refractivity contribution in [3.8, 4) is 0 Å². The number of carbonyl (C=O) groups is 1. The first kappa shape index (κ1) is 19.3. The van der Waals surface area contributed by atoms with Crippen LogP contribution >= 0.6 is 0 Å². The number of aryl methyl sites for hydroxylation is 2. The molecule has 1 atom stereocenters. The zero-order chi connectivity index (χ0) is 18.1.